The van der Waals surface area contributed by atoms with E-state index in [2.05, 4.69) is 5.32 Å². The van der Waals surface area contributed by atoms with Crippen LogP contribution >= 0.6 is 0 Å². The summed E-state index contributed by atoms with van der Waals surface area (Å²) in [6.45, 7) is 0.345. The molecule has 104 valence electrons. The van der Waals surface area contributed by atoms with E-state index in [1.54, 1.807) is 7.11 Å². The molecule has 0 aromatic heterocycles. The Morgan fingerprint density at radius 2 is 1.95 bits per heavy atom. The predicted molar refractivity (Wildman–Crippen MR) is 73.9 cm³/mol. The summed E-state index contributed by atoms with van der Waals surface area (Å²) >= 11 is 0. The number of phenols is 2. The quantitative estimate of drug-likeness (QED) is 0.745. The predicted octanol–water partition coefficient (Wildman–Crippen LogP) is 2.04. The molecular weight excluding hydrogens is 258 g/mol. The van der Waals surface area contributed by atoms with Gasteiger partial charge in [0.05, 0.1) is 7.11 Å². The molecule has 0 radical (unpaired) electrons. The Labute approximate surface area is 116 Å². The molecule has 3 N–H and O–H groups in total. The normalized spacial score (nSPS) is 10.1. The van der Waals surface area contributed by atoms with Crippen LogP contribution in [-0.2, 0) is 6.54 Å². The van der Waals surface area contributed by atoms with Crippen molar-refractivity contribution in [3.63, 3.8) is 0 Å². The number of carbonyl (C=O) groups is 1. The van der Waals surface area contributed by atoms with Crippen LogP contribution in [0.25, 0.3) is 0 Å². The molecular formula is C15H15NO4. The summed E-state index contributed by atoms with van der Waals surface area (Å²) in [5.74, 6) is -0.185. The van der Waals surface area contributed by atoms with Crippen molar-refractivity contribution in [3.8, 4) is 17.2 Å². The van der Waals surface area contributed by atoms with Gasteiger partial charge in [-0.15, -0.1) is 0 Å². The maximum absolute atomic E-state index is 11.9. The number of hydrogen-bond acceptors (Lipinski definition) is 4. The first-order chi connectivity index (χ1) is 9.60. The van der Waals surface area contributed by atoms with Crippen molar-refractivity contribution < 1.29 is 19.7 Å². The van der Waals surface area contributed by atoms with E-state index in [1.165, 1.54) is 18.2 Å². The van der Waals surface area contributed by atoms with Gasteiger partial charge < -0.3 is 20.3 Å². The van der Waals surface area contributed by atoms with Crippen LogP contribution in [0.2, 0.25) is 0 Å². The molecule has 0 aliphatic carbocycles. The zero-order valence-electron chi connectivity index (χ0n) is 11.0. The topological polar surface area (TPSA) is 78.8 Å². The number of hydrogen-bond donors (Lipinski definition) is 3. The number of nitrogens with one attached hydrogen (secondary N) is 1. The van der Waals surface area contributed by atoms with Gasteiger partial charge in [0, 0.05) is 12.1 Å². The van der Waals surface area contributed by atoms with Crippen molar-refractivity contribution >= 4 is 5.91 Å². The summed E-state index contributed by atoms with van der Waals surface area (Å²) in [5, 5.41) is 21.3. The van der Waals surface area contributed by atoms with Crippen LogP contribution < -0.4 is 10.1 Å². The van der Waals surface area contributed by atoms with E-state index in [4.69, 9.17) is 4.74 Å². The van der Waals surface area contributed by atoms with Gasteiger partial charge in [0.25, 0.3) is 5.91 Å². The van der Waals surface area contributed by atoms with Crippen molar-refractivity contribution in [3.05, 3.63) is 53.6 Å². The Morgan fingerprint density at radius 3 is 2.65 bits per heavy atom. The molecule has 0 aliphatic heterocycles. The zero-order chi connectivity index (χ0) is 14.5. The third-order valence-corrected chi connectivity index (χ3v) is 2.82. The van der Waals surface area contributed by atoms with Gasteiger partial charge in [-0.1, -0.05) is 12.1 Å². The molecule has 20 heavy (non-hydrogen) atoms. The standard InChI is InChI=1S/C15H15NO4/c1-20-12-4-2-3-10(7-12)9-16-15(19)11-5-6-13(17)14(18)8-11/h2-8,17-18H,9H2,1H3,(H,16,19). The van der Waals surface area contributed by atoms with Crippen LogP contribution in [0.1, 0.15) is 15.9 Å². The highest BCUT2D eigenvalue weighted by molar-refractivity contribution is 5.94. The molecule has 1 amide bonds. The van der Waals surface area contributed by atoms with Crippen LogP contribution in [-0.4, -0.2) is 23.2 Å². The van der Waals surface area contributed by atoms with Crippen molar-refractivity contribution in [1.29, 1.82) is 0 Å². The van der Waals surface area contributed by atoms with Gasteiger partial charge >= 0.3 is 0 Å². The Hall–Kier alpha value is -2.69. The number of phenolic OH excluding ortho intramolecular Hbond substituents is 2. The fourth-order valence-electron chi connectivity index (χ4n) is 1.73. The first-order valence-corrected chi connectivity index (χ1v) is 6.03. The van der Waals surface area contributed by atoms with E-state index in [1.807, 2.05) is 24.3 Å². The number of aromatic hydroxyl groups is 2. The fourth-order valence-corrected chi connectivity index (χ4v) is 1.73. The van der Waals surface area contributed by atoms with Crippen LogP contribution in [0.5, 0.6) is 17.2 Å². The first kappa shape index (κ1) is 13.7. The highest BCUT2D eigenvalue weighted by Gasteiger charge is 2.08. The number of rotatable bonds is 4. The average molecular weight is 273 g/mol. The van der Waals surface area contributed by atoms with Crippen molar-refractivity contribution in [2.24, 2.45) is 0 Å². The molecule has 0 atom stereocenters. The third kappa shape index (κ3) is 3.20. The summed E-state index contributed by atoms with van der Waals surface area (Å²) in [4.78, 5) is 11.9. The highest BCUT2D eigenvalue weighted by Crippen LogP contribution is 2.24. The molecule has 0 bridgehead atoms. The fraction of sp³-hybridized carbons (Fsp3) is 0.133. The number of benzene rings is 2. The summed E-state index contributed by atoms with van der Waals surface area (Å²) in [7, 11) is 1.58. The number of methoxy groups -OCH3 is 1. The lowest BCUT2D eigenvalue weighted by atomic mass is 10.1. The lowest BCUT2D eigenvalue weighted by Crippen LogP contribution is -2.22. The largest absolute Gasteiger partial charge is 0.504 e. The second-order valence-corrected chi connectivity index (χ2v) is 4.24. The summed E-state index contributed by atoms with van der Waals surface area (Å²) in [6.07, 6.45) is 0. The van der Waals surface area contributed by atoms with Crippen LogP contribution in [0.15, 0.2) is 42.5 Å². The second-order valence-electron chi connectivity index (χ2n) is 4.24. The van der Waals surface area contributed by atoms with Gasteiger partial charge in [-0.3, -0.25) is 4.79 Å². The van der Waals surface area contributed by atoms with Crippen LogP contribution in [0, 0.1) is 0 Å². The van der Waals surface area contributed by atoms with E-state index in [0.29, 0.717) is 6.54 Å². The first-order valence-electron chi connectivity index (χ1n) is 6.03. The monoisotopic (exact) mass is 273 g/mol. The van der Waals surface area contributed by atoms with Gasteiger partial charge in [0.2, 0.25) is 0 Å². The highest BCUT2D eigenvalue weighted by atomic mass is 16.5. The minimum absolute atomic E-state index is 0.255. The number of amides is 1. The molecule has 0 fully saturated rings. The van der Waals surface area contributed by atoms with Gasteiger partial charge in [-0.05, 0) is 35.9 Å². The third-order valence-electron chi connectivity index (χ3n) is 2.82. The van der Waals surface area contributed by atoms with Crippen LogP contribution in [0.4, 0.5) is 0 Å². The van der Waals surface area contributed by atoms with Crippen molar-refractivity contribution in [1.82, 2.24) is 5.32 Å². The SMILES string of the molecule is COc1cccc(CNC(=O)c2ccc(O)c(O)c2)c1. The van der Waals surface area contributed by atoms with E-state index >= 15 is 0 Å². The molecule has 0 aliphatic rings. The van der Waals surface area contributed by atoms with E-state index < -0.39 is 0 Å². The van der Waals surface area contributed by atoms with Gasteiger partial charge in [-0.2, -0.15) is 0 Å². The molecule has 2 aromatic rings. The number of carbonyl (C=O) groups excluding carboxylic acids is 1. The second kappa shape index (κ2) is 5.97. The maximum Gasteiger partial charge on any atom is 0.251 e. The Kier molecular flexibility index (Phi) is 4.10. The van der Waals surface area contributed by atoms with Gasteiger partial charge in [-0.25, -0.2) is 0 Å². The van der Waals surface area contributed by atoms with Crippen molar-refractivity contribution in [2.75, 3.05) is 7.11 Å². The molecule has 2 rings (SSSR count). The Bertz CT molecular complexity index is 625. The minimum Gasteiger partial charge on any atom is -0.504 e. The molecule has 0 unspecified atom stereocenters. The maximum atomic E-state index is 11.9. The molecule has 5 nitrogen and oxygen atoms in total. The number of ether oxygens (including phenoxy) is 1. The van der Waals surface area contributed by atoms with E-state index in [0.717, 1.165) is 11.3 Å². The molecule has 0 heterocycles. The molecule has 0 saturated heterocycles. The van der Waals surface area contributed by atoms with E-state index in [-0.39, 0.29) is 23.0 Å². The lowest BCUT2D eigenvalue weighted by Gasteiger charge is -2.07. The lowest BCUT2D eigenvalue weighted by molar-refractivity contribution is 0.0950. The van der Waals surface area contributed by atoms with E-state index in [9.17, 15) is 15.0 Å². The minimum atomic E-state index is -0.330. The summed E-state index contributed by atoms with van der Waals surface area (Å²) in [5.41, 5.74) is 1.18. The Balaban J connectivity index is 2.02. The van der Waals surface area contributed by atoms with Crippen LogP contribution in [0.3, 0.4) is 0 Å². The molecule has 5 heteroatoms. The van der Waals surface area contributed by atoms with Gasteiger partial charge in [0.1, 0.15) is 5.75 Å². The average Bonchev–Trinajstić information content (AvgIpc) is 2.47. The molecule has 0 saturated carbocycles. The smallest absolute Gasteiger partial charge is 0.251 e. The summed E-state index contributed by atoms with van der Waals surface area (Å²) in [6, 6.07) is 11.3. The summed E-state index contributed by atoms with van der Waals surface area (Å²) < 4.78 is 5.10. The Morgan fingerprint density at radius 1 is 1.15 bits per heavy atom. The zero-order valence-corrected chi connectivity index (χ0v) is 11.0. The molecule has 0 spiro atoms. The molecule has 2 aromatic carbocycles. The van der Waals surface area contributed by atoms with Gasteiger partial charge in [0.15, 0.2) is 11.5 Å². The van der Waals surface area contributed by atoms with Crippen molar-refractivity contribution in [2.45, 2.75) is 6.54 Å².